The molecule has 22 heteroatoms. The highest BCUT2D eigenvalue weighted by Gasteiger charge is 2.67. The zero-order valence-corrected chi connectivity index (χ0v) is 34.7. The number of carbonyl (C=O) groups excluding carboxylic acids is 1. The number of anilines is 1. The molecule has 0 saturated heterocycles. The molecule has 0 spiro atoms. The number of fused-ring (bicyclic) bond motifs is 5. The van der Waals surface area contributed by atoms with Crippen LogP contribution in [0.25, 0.3) is 38.6 Å². The van der Waals surface area contributed by atoms with Crippen LogP contribution in [0.1, 0.15) is 53.1 Å². The van der Waals surface area contributed by atoms with Crippen LogP contribution in [0.4, 0.5) is 36.6 Å². The fourth-order valence-electron chi connectivity index (χ4n) is 8.44. The minimum Gasteiger partial charge on any atom is -0.344 e. The number of carbonyl (C=O) groups is 1. The second-order valence-corrected chi connectivity index (χ2v) is 18.0. The van der Waals surface area contributed by atoms with Gasteiger partial charge in [-0.05, 0) is 77.6 Å². The predicted molar refractivity (Wildman–Crippen MR) is 218 cm³/mol. The molecule has 3 aromatic heterocycles. The van der Waals surface area contributed by atoms with Crippen molar-refractivity contribution >= 4 is 66.8 Å². The minimum atomic E-state index is -3.94. The summed E-state index contributed by atoms with van der Waals surface area (Å²) in [4.78, 5) is 33.9. The Kier molecular flexibility index (Phi) is 10.1. The van der Waals surface area contributed by atoms with Gasteiger partial charge >= 0.3 is 0 Å². The number of nitrogens with zero attached hydrogens (tertiary/aromatic N) is 6. The zero-order valence-electron chi connectivity index (χ0n) is 32.4. The molecule has 0 radical (unpaired) electrons. The van der Waals surface area contributed by atoms with Gasteiger partial charge in [0.2, 0.25) is 15.9 Å². The van der Waals surface area contributed by atoms with Gasteiger partial charge in [0, 0.05) is 31.0 Å². The molecule has 9 rings (SSSR count). The molecule has 2 aliphatic rings. The van der Waals surface area contributed by atoms with E-state index < -0.39 is 93.5 Å². The highest BCUT2D eigenvalue weighted by molar-refractivity contribution is 7.92. The summed E-state index contributed by atoms with van der Waals surface area (Å²) in [6.45, 7) is -1.02. The summed E-state index contributed by atoms with van der Waals surface area (Å²) in [5.41, 5.74) is -2.17. The number of hydrogen-bond acceptors (Lipinski definition) is 7. The highest BCUT2D eigenvalue weighted by Crippen LogP contribution is 2.68. The second-order valence-electron chi connectivity index (χ2n) is 15.4. The second kappa shape index (κ2) is 15.1. The summed E-state index contributed by atoms with van der Waals surface area (Å²) in [7, 11) is -2.51. The number of halogens is 9. The van der Waals surface area contributed by atoms with E-state index in [9.17, 15) is 40.0 Å². The summed E-state index contributed by atoms with van der Waals surface area (Å²) in [6.07, 6.45) is -2.88. The van der Waals surface area contributed by atoms with Crippen LogP contribution < -0.4 is 15.6 Å². The van der Waals surface area contributed by atoms with E-state index in [0.29, 0.717) is 21.9 Å². The Labute approximate surface area is 361 Å². The molecule has 2 aliphatic carbocycles. The standard InChI is InChI=1S/C41H29Cl2F7N8O4S/c1-56-35-30(8-7-26(43)33(35)38(54-56)55-63(2,61)62)58-39(52-28-13-19(3-5-22(28)40(58)60)18-4-6-25(42)27(46)12-18)29(11-17-9-20(44)14-21(45)10-17)51-31(59)16-57-36-32(34(53-57)37(47)48)23-15-24(23)41(36,49)50/h3-10,12-14,23-24,29,37H,11,15-16H2,1-2H3,(H,51,59)(H,54,55)/t23-,24+,29-/m0/s1. The van der Waals surface area contributed by atoms with Gasteiger partial charge in [-0.2, -0.15) is 19.0 Å². The Balaban J connectivity index is 1.26. The monoisotopic (exact) mass is 932 g/mol. The van der Waals surface area contributed by atoms with Gasteiger partial charge in [-0.25, -0.2) is 35.4 Å². The number of amides is 1. The van der Waals surface area contributed by atoms with E-state index in [-0.39, 0.29) is 66.7 Å². The van der Waals surface area contributed by atoms with Crippen molar-refractivity contribution in [3.05, 3.63) is 133 Å². The van der Waals surface area contributed by atoms with Crippen molar-refractivity contribution in [2.75, 3.05) is 11.0 Å². The first-order chi connectivity index (χ1) is 29.7. The van der Waals surface area contributed by atoms with Crippen LogP contribution >= 0.6 is 23.2 Å². The van der Waals surface area contributed by atoms with Crippen molar-refractivity contribution in [2.24, 2.45) is 13.0 Å². The van der Waals surface area contributed by atoms with Crippen LogP contribution in [0.15, 0.2) is 71.5 Å². The Morgan fingerprint density at radius 2 is 1.63 bits per heavy atom. The first-order valence-corrected chi connectivity index (χ1v) is 21.5. The van der Waals surface area contributed by atoms with Crippen molar-refractivity contribution < 1.29 is 43.9 Å². The predicted octanol–water partition coefficient (Wildman–Crippen LogP) is 8.48. The molecule has 12 nitrogen and oxygen atoms in total. The summed E-state index contributed by atoms with van der Waals surface area (Å²) in [5.74, 6) is -10.0. The zero-order chi connectivity index (χ0) is 45.0. The van der Waals surface area contributed by atoms with Crippen molar-refractivity contribution in [1.29, 1.82) is 0 Å². The number of aryl methyl sites for hydroxylation is 1. The van der Waals surface area contributed by atoms with Crippen LogP contribution in [0.3, 0.4) is 0 Å². The average Bonchev–Trinajstić information content (AvgIpc) is 3.73. The molecule has 3 heterocycles. The van der Waals surface area contributed by atoms with E-state index in [4.69, 9.17) is 28.2 Å². The van der Waals surface area contributed by atoms with E-state index in [2.05, 4.69) is 20.2 Å². The first-order valence-electron chi connectivity index (χ1n) is 18.9. The maximum absolute atomic E-state index is 15.5. The summed E-state index contributed by atoms with van der Waals surface area (Å²) < 4.78 is 133. The highest BCUT2D eigenvalue weighted by atomic mass is 35.5. The lowest BCUT2D eigenvalue weighted by Crippen LogP contribution is -2.38. The van der Waals surface area contributed by atoms with E-state index in [1.807, 2.05) is 0 Å². The number of aromatic nitrogens is 6. The van der Waals surface area contributed by atoms with Gasteiger partial charge in [0.15, 0.2) is 5.82 Å². The van der Waals surface area contributed by atoms with Crippen molar-refractivity contribution in [3.8, 4) is 16.8 Å². The van der Waals surface area contributed by atoms with E-state index >= 15 is 8.78 Å². The molecular formula is C41H29Cl2F7N8O4S. The van der Waals surface area contributed by atoms with Crippen LogP contribution in [-0.4, -0.2) is 49.7 Å². The molecule has 7 aromatic rings. The van der Waals surface area contributed by atoms with Crippen molar-refractivity contribution in [1.82, 2.24) is 34.4 Å². The third kappa shape index (κ3) is 7.46. The Bertz CT molecular complexity index is 3250. The largest absolute Gasteiger partial charge is 0.344 e. The normalized spacial score (nSPS) is 17.0. The van der Waals surface area contributed by atoms with Gasteiger partial charge in [0.05, 0.1) is 49.8 Å². The Morgan fingerprint density at radius 3 is 2.32 bits per heavy atom. The molecule has 0 unspecified atom stereocenters. The number of hydrogen-bond donors (Lipinski definition) is 2. The average molecular weight is 934 g/mol. The number of rotatable bonds is 11. The molecule has 3 atom stereocenters. The minimum absolute atomic E-state index is 0.000588. The topological polar surface area (TPSA) is 146 Å². The van der Waals surface area contributed by atoms with Gasteiger partial charge in [-0.15, -0.1) is 0 Å². The third-order valence-corrected chi connectivity index (χ3v) is 12.2. The van der Waals surface area contributed by atoms with Gasteiger partial charge in [0.1, 0.15) is 41.2 Å². The Morgan fingerprint density at radius 1 is 0.952 bits per heavy atom. The molecule has 0 aliphatic heterocycles. The third-order valence-electron chi connectivity index (χ3n) is 11.1. The van der Waals surface area contributed by atoms with Crippen LogP contribution in [0.2, 0.25) is 10.0 Å². The number of benzene rings is 4. The number of sulfonamides is 1. The first kappa shape index (κ1) is 42.3. The fourth-order valence-corrected chi connectivity index (χ4v) is 9.29. The van der Waals surface area contributed by atoms with Gasteiger partial charge in [-0.1, -0.05) is 35.3 Å². The molecule has 63 heavy (non-hydrogen) atoms. The SMILES string of the molecule is Cn1nc(NS(C)(=O)=O)c2c(Cl)ccc(-n3c([C@H](Cc4cc(F)cc(F)c4)NC(=O)Cn4nc(C(F)F)c5c4C(F)(F)[C@@H]4C[C@H]54)nc4cc(-c5ccc(Cl)c(F)c5)ccc4c3=O)c21. The molecule has 1 saturated carbocycles. The van der Waals surface area contributed by atoms with Gasteiger partial charge in [-0.3, -0.25) is 28.2 Å². The van der Waals surface area contributed by atoms with Crippen molar-refractivity contribution in [2.45, 2.75) is 43.7 Å². The molecule has 0 bridgehead atoms. The lowest BCUT2D eigenvalue weighted by molar-refractivity contribution is -0.123. The fraction of sp³-hybridized carbons (Fsp3) is 0.244. The maximum Gasteiger partial charge on any atom is 0.293 e. The lowest BCUT2D eigenvalue weighted by Gasteiger charge is -2.24. The van der Waals surface area contributed by atoms with Crippen LogP contribution in [0, 0.1) is 23.4 Å². The molecule has 4 aromatic carbocycles. The van der Waals surface area contributed by atoms with Gasteiger partial charge < -0.3 is 5.32 Å². The van der Waals surface area contributed by atoms with E-state index in [0.717, 1.165) is 29.0 Å². The molecule has 1 amide bonds. The molecular weight excluding hydrogens is 904 g/mol. The maximum atomic E-state index is 15.5. The van der Waals surface area contributed by atoms with Crippen LogP contribution in [-0.2, 0) is 40.8 Å². The van der Waals surface area contributed by atoms with Crippen LogP contribution in [0.5, 0.6) is 0 Å². The molecule has 2 N–H and O–H groups in total. The van der Waals surface area contributed by atoms with Crippen molar-refractivity contribution in [3.63, 3.8) is 0 Å². The molecule has 326 valence electrons. The van der Waals surface area contributed by atoms with E-state index in [1.54, 1.807) is 0 Å². The Hall–Kier alpha value is -5.99. The van der Waals surface area contributed by atoms with Gasteiger partial charge in [0.25, 0.3) is 17.9 Å². The smallest absolute Gasteiger partial charge is 0.293 e. The summed E-state index contributed by atoms with van der Waals surface area (Å²) in [5, 5.41) is 10.5. The summed E-state index contributed by atoms with van der Waals surface area (Å²) >= 11 is 12.5. The number of nitrogens with one attached hydrogen (secondary N) is 2. The molecule has 1 fully saturated rings. The quantitative estimate of drug-likeness (QED) is 0.124. The lowest BCUT2D eigenvalue weighted by atomic mass is 10.0. The number of alkyl halides is 4. The van der Waals surface area contributed by atoms with E-state index in [1.165, 1.54) is 54.2 Å². The summed E-state index contributed by atoms with van der Waals surface area (Å²) in [6, 6.07) is 12.0.